The Labute approximate surface area is 83.5 Å². The van der Waals surface area contributed by atoms with Gasteiger partial charge in [0.25, 0.3) is 10.0 Å². The summed E-state index contributed by atoms with van der Waals surface area (Å²) in [7, 11) is -1.76. The molecule has 6 heteroatoms. The van der Waals surface area contributed by atoms with Gasteiger partial charge in [-0.3, -0.25) is 0 Å². The van der Waals surface area contributed by atoms with Crippen LogP contribution >= 0.6 is 0 Å². The zero-order valence-corrected chi connectivity index (χ0v) is 9.00. The maximum Gasteiger partial charge on any atom is 0.259 e. The fraction of sp³-hybridized carbons (Fsp3) is 0.375. The van der Waals surface area contributed by atoms with Gasteiger partial charge in [-0.25, -0.2) is 18.1 Å². The summed E-state index contributed by atoms with van der Waals surface area (Å²) < 4.78 is 27.0. The van der Waals surface area contributed by atoms with Crippen molar-refractivity contribution >= 4 is 10.0 Å². The van der Waals surface area contributed by atoms with Crippen molar-refractivity contribution in [3.8, 4) is 0 Å². The minimum Gasteiger partial charge on any atom is -0.339 e. The summed E-state index contributed by atoms with van der Waals surface area (Å²) in [6.45, 7) is 5.59. The highest BCUT2D eigenvalue weighted by Crippen LogP contribution is 2.03. The smallest absolute Gasteiger partial charge is 0.259 e. The second-order valence-electron chi connectivity index (χ2n) is 3.16. The van der Waals surface area contributed by atoms with E-state index < -0.39 is 10.0 Å². The van der Waals surface area contributed by atoms with Crippen LogP contribution in [0.5, 0.6) is 0 Å². The predicted molar refractivity (Wildman–Crippen MR) is 53.2 cm³/mol. The van der Waals surface area contributed by atoms with Gasteiger partial charge < -0.3 is 4.57 Å². The van der Waals surface area contributed by atoms with Gasteiger partial charge in [-0.2, -0.15) is 0 Å². The highest BCUT2D eigenvalue weighted by atomic mass is 32.2. The molecule has 14 heavy (non-hydrogen) atoms. The van der Waals surface area contributed by atoms with Gasteiger partial charge in [0.15, 0.2) is 5.03 Å². The SMILES string of the molecule is C=C(C)CNS(=O)(=O)c1cn(C)cn1. The van der Waals surface area contributed by atoms with Crippen molar-refractivity contribution in [1.82, 2.24) is 14.3 Å². The first-order valence-corrected chi connectivity index (χ1v) is 5.52. The van der Waals surface area contributed by atoms with Crippen LogP contribution in [-0.2, 0) is 17.1 Å². The van der Waals surface area contributed by atoms with E-state index in [2.05, 4.69) is 16.3 Å². The van der Waals surface area contributed by atoms with Crippen LogP contribution < -0.4 is 4.72 Å². The molecule has 0 aromatic carbocycles. The van der Waals surface area contributed by atoms with Crippen molar-refractivity contribution in [2.24, 2.45) is 7.05 Å². The Morgan fingerprint density at radius 1 is 1.71 bits per heavy atom. The Morgan fingerprint density at radius 3 is 2.79 bits per heavy atom. The number of aromatic nitrogens is 2. The van der Waals surface area contributed by atoms with Crippen molar-refractivity contribution in [3.63, 3.8) is 0 Å². The summed E-state index contributed by atoms with van der Waals surface area (Å²) in [6.07, 6.45) is 2.89. The molecule has 5 nitrogen and oxygen atoms in total. The van der Waals surface area contributed by atoms with E-state index in [1.54, 1.807) is 18.5 Å². The molecule has 0 unspecified atom stereocenters. The molecule has 1 N–H and O–H groups in total. The average Bonchev–Trinajstić information content (AvgIpc) is 2.49. The first-order valence-electron chi connectivity index (χ1n) is 4.04. The van der Waals surface area contributed by atoms with Crippen LogP contribution in [0.15, 0.2) is 29.7 Å². The monoisotopic (exact) mass is 215 g/mol. The van der Waals surface area contributed by atoms with Crippen LogP contribution in [0.1, 0.15) is 6.92 Å². The molecule has 1 aromatic heterocycles. The Balaban J connectivity index is 2.81. The molecule has 0 radical (unpaired) electrons. The molecule has 78 valence electrons. The van der Waals surface area contributed by atoms with E-state index in [0.717, 1.165) is 5.57 Å². The molecule has 0 fully saturated rings. The third-order valence-electron chi connectivity index (χ3n) is 1.52. The summed E-state index contributed by atoms with van der Waals surface area (Å²) in [4.78, 5) is 3.75. The lowest BCUT2D eigenvalue weighted by Gasteiger charge is -2.02. The maximum atomic E-state index is 11.5. The van der Waals surface area contributed by atoms with Crippen molar-refractivity contribution in [2.75, 3.05) is 6.54 Å². The summed E-state index contributed by atoms with van der Waals surface area (Å²) in [5.41, 5.74) is 0.754. The molecule has 0 aliphatic heterocycles. The molecule has 1 heterocycles. The van der Waals surface area contributed by atoms with Gasteiger partial charge in [-0.05, 0) is 6.92 Å². The van der Waals surface area contributed by atoms with Crippen molar-refractivity contribution in [3.05, 3.63) is 24.7 Å². The van der Waals surface area contributed by atoms with Crippen LogP contribution in [-0.4, -0.2) is 24.5 Å². The zero-order valence-electron chi connectivity index (χ0n) is 8.19. The third kappa shape index (κ3) is 2.68. The average molecular weight is 215 g/mol. The van der Waals surface area contributed by atoms with Crippen molar-refractivity contribution in [1.29, 1.82) is 0 Å². The summed E-state index contributed by atoms with van der Waals surface area (Å²) >= 11 is 0. The predicted octanol–water partition coefficient (Wildman–Crippen LogP) is 0.274. The molecule has 0 aliphatic rings. The number of nitrogens with one attached hydrogen (secondary N) is 1. The molecule has 0 saturated heterocycles. The zero-order chi connectivity index (χ0) is 10.8. The highest BCUT2D eigenvalue weighted by molar-refractivity contribution is 7.89. The molecule has 0 spiro atoms. The normalized spacial score (nSPS) is 11.6. The molecule has 0 saturated carbocycles. The quantitative estimate of drug-likeness (QED) is 0.733. The largest absolute Gasteiger partial charge is 0.339 e. The highest BCUT2D eigenvalue weighted by Gasteiger charge is 2.15. The third-order valence-corrected chi connectivity index (χ3v) is 2.81. The standard InChI is InChI=1S/C8H13N3O2S/c1-7(2)4-10-14(12,13)8-5-11(3)6-9-8/h5-6,10H,1,4H2,2-3H3. The Hall–Kier alpha value is -1.14. The lowest BCUT2D eigenvalue weighted by atomic mass is 10.4. The Kier molecular flexibility index (Phi) is 3.07. The number of aryl methyl sites for hydroxylation is 1. The topological polar surface area (TPSA) is 64.0 Å². The first kappa shape index (κ1) is 10.9. The number of rotatable bonds is 4. The summed E-state index contributed by atoms with van der Waals surface area (Å²) in [5.74, 6) is 0. The van der Waals surface area contributed by atoms with Crippen molar-refractivity contribution in [2.45, 2.75) is 11.9 Å². The summed E-state index contributed by atoms with van der Waals surface area (Å²) in [5, 5.41) is 0.0289. The molecule has 1 rings (SSSR count). The van der Waals surface area contributed by atoms with Crippen LogP contribution in [0.2, 0.25) is 0 Å². The molecular weight excluding hydrogens is 202 g/mol. The molecule has 1 aromatic rings. The van der Waals surface area contributed by atoms with E-state index in [1.165, 1.54) is 12.5 Å². The number of nitrogens with zero attached hydrogens (tertiary/aromatic N) is 2. The van der Waals surface area contributed by atoms with E-state index in [0.29, 0.717) is 0 Å². The van der Waals surface area contributed by atoms with Gasteiger partial charge in [0.1, 0.15) is 0 Å². The van der Waals surface area contributed by atoms with Gasteiger partial charge in [0, 0.05) is 19.8 Å². The minimum atomic E-state index is -3.48. The van der Waals surface area contributed by atoms with Crippen LogP contribution in [0.3, 0.4) is 0 Å². The minimum absolute atomic E-state index is 0.0289. The van der Waals surface area contributed by atoms with Gasteiger partial charge in [-0.1, -0.05) is 12.2 Å². The Bertz CT molecular complexity index is 433. The summed E-state index contributed by atoms with van der Waals surface area (Å²) in [6, 6.07) is 0. The lowest BCUT2D eigenvalue weighted by molar-refractivity contribution is 0.581. The molecule has 0 bridgehead atoms. The number of imidazole rings is 1. The van der Waals surface area contributed by atoms with E-state index in [4.69, 9.17) is 0 Å². The molecule has 0 aliphatic carbocycles. The van der Waals surface area contributed by atoms with Crippen LogP contribution in [0, 0.1) is 0 Å². The fourth-order valence-electron chi connectivity index (χ4n) is 0.820. The second kappa shape index (κ2) is 3.93. The lowest BCUT2D eigenvalue weighted by Crippen LogP contribution is -2.25. The molecule has 0 atom stereocenters. The second-order valence-corrected chi connectivity index (χ2v) is 4.87. The first-order chi connectivity index (χ1) is 6.42. The van der Waals surface area contributed by atoms with E-state index >= 15 is 0 Å². The van der Waals surface area contributed by atoms with Gasteiger partial charge in [0.2, 0.25) is 0 Å². The maximum absolute atomic E-state index is 11.5. The van der Waals surface area contributed by atoms with Gasteiger partial charge in [-0.15, -0.1) is 0 Å². The van der Waals surface area contributed by atoms with Crippen LogP contribution in [0.25, 0.3) is 0 Å². The fourth-order valence-corrected chi connectivity index (χ4v) is 1.90. The van der Waals surface area contributed by atoms with Gasteiger partial charge in [0.05, 0.1) is 6.33 Å². The van der Waals surface area contributed by atoms with Crippen LogP contribution in [0.4, 0.5) is 0 Å². The van der Waals surface area contributed by atoms with E-state index in [1.807, 2.05) is 0 Å². The molecular formula is C8H13N3O2S. The number of hydrogen-bond acceptors (Lipinski definition) is 3. The van der Waals surface area contributed by atoms with Crippen molar-refractivity contribution < 1.29 is 8.42 Å². The van der Waals surface area contributed by atoms with E-state index in [-0.39, 0.29) is 11.6 Å². The number of sulfonamides is 1. The number of hydrogen-bond donors (Lipinski definition) is 1. The molecule has 0 amide bonds. The van der Waals surface area contributed by atoms with Gasteiger partial charge >= 0.3 is 0 Å². The van der Waals surface area contributed by atoms with E-state index in [9.17, 15) is 8.42 Å². The Morgan fingerprint density at radius 2 is 2.36 bits per heavy atom.